The lowest BCUT2D eigenvalue weighted by molar-refractivity contribution is 0.252. The molecule has 1 saturated carbocycles. The maximum atomic E-state index is 11.8. The minimum absolute atomic E-state index is 0.106. The fourth-order valence-electron chi connectivity index (χ4n) is 3.48. The Balaban J connectivity index is 2.16. The Bertz CT molecular complexity index is 587. The van der Waals surface area contributed by atoms with Crippen LogP contribution in [0.4, 0.5) is 10.8 Å². The average molecular weight is 332 g/mol. The lowest BCUT2D eigenvalue weighted by Gasteiger charge is -2.31. The molecule has 5 nitrogen and oxygen atoms in total. The van der Waals surface area contributed by atoms with Gasteiger partial charge in [-0.1, -0.05) is 26.7 Å². The minimum Gasteiger partial charge on any atom is -0.382 e. The van der Waals surface area contributed by atoms with Crippen LogP contribution in [0.5, 0.6) is 0 Å². The molecule has 0 aromatic carbocycles. The first-order valence-electron chi connectivity index (χ1n) is 7.43. The third-order valence-electron chi connectivity index (χ3n) is 4.17. The molecule has 0 atom stereocenters. The number of nitrogens with two attached hydrogens (primary N) is 1. The number of nitrogens with zero attached hydrogens (tertiary/aromatic N) is 1. The summed E-state index contributed by atoms with van der Waals surface area (Å²) in [7, 11) is -3.35. The molecule has 1 heterocycles. The molecule has 120 valence electrons. The first-order chi connectivity index (χ1) is 9.73. The van der Waals surface area contributed by atoms with Crippen molar-refractivity contribution in [3.8, 4) is 0 Å². The van der Waals surface area contributed by atoms with Crippen LogP contribution in [0.3, 0.4) is 0 Å². The van der Waals surface area contributed by atoms with Crippen molar-refractivity contribution in [3.63, 3.8) is 0 Å². The van der Waals surface area contributed by atoms with Gasteiger partial charge in [-0.25, -0.2) is 8.42 Å². The third-order valence-corrected chi connectivity index (χ3v) is 6.28. The van der Waals surface area contributed by atoms with E-state index in [1.54, 1.807) is 0 Å². The van der Waals surface area contributed by atoms with Gasteiger partial charge >= 0.3 is 0 Å². The molecule has 0 amide bonds. The van der Waals surface area contributed by atoms with Crippen molar-refractivity contribution in [2.24, 2.45) is 11.3 Å². The minimum atomic E-state index is -3.35. The number of nitrogen functional groups attached to an aromatic ring is 1. The Morgan fingerprint density at radius 1 is 1.38 bits per heavy atom. The Morgan fingerprint density at radius 3 is 2.52 bits per heavy atom. The van der Waals surface area contributed by atoms with Crippen LogP contribution >= 0.6 is 11.5 Å². The van der Waals surface area contributed by atoms with Gasteiger partial charge in [0.15, 0.2) is 15.7 Å². The predicted octanol–water partition coefficient (Wildman–Crippen LogP) is 3.15. The predicted molar refractivity (Wildman–Crippen MR) is 88.5 cm³/mol. The molecule has 7 heteroatoms. The summed E-state index contributed by atoms with van der Waals surface area (Å²) in [5.74, 6) is 0.750. The van der Waals surface area contributed by atoms with Crippen molar-refractivity contribution < 1.29 is 8.42 Å². The zero-order valence-electron chi connectivity index (χ0n) is 13.0. The average Bonchev–Trinajstić information content (AvgIpc) is 2.92. The number of aromatic nitrogens is 1. The van der Waals surface area contributed by atoms with Crippen molar-refractivity contribution in [2.45, 2.75) is 50.8 Å². The van der Waals surface area contributed by atoms with Crippen LogP contribution in [0.1, 0.15) is 46.0 Å². The van der Waals surface area contributed by atoms with E-state index in [9.17, 15) is 8.42 Å². The van der Waals surface area contributed by atoms with Crippen LogP contribution < -0.4 is 11.1 Å². The van der Waals surface area contributed by atoms with Crippen molar-refractivity contribution in [3.05, 3.63) is 0 Å². The molecular formula is C14H25N3O2S2. The first-order valence-corrected chi connectivity index (χ1v) is 10.1. The first kappa shape index (κ1) is 16.5. The fraction of sp³-hybridized carbons (Fsp3) is 0.786. The van der Waals surface area contributed by atoms with Gasteiger partial charge in [-0.2, -0.15) is 4.37 Å². The summed E-state index contributed by atoms with van der Waals surface area (Å²) in [6, 6.07) is 0. The van der Waals surface area contributed by atoms with Gasteiger partial charge in [0.2, 0.25) is 0 Å². The SMILES string of the molecule is CC(C)CC1(CNc2snc(N)c2S(C)(=O)=O)CCCC1. The molecule has 0 radical (unpaired) electrons. The van der Waals surface area contributed by atoms with Crippen LogP contribution in [0.15, 0.2) is 4.90 Å². The molecule has 1 aromatic heterocycles. The Hall–Kier alpha value is -0.820. The highest BCUT2D eigenvalue weighted by Crippen LogP contribution is 2.44. The standard InChI is InChI=1S/C14H25N3O2S2/c1-10(2)8-14(6-4-5-7-14)9-16-13-11(21(3,18)19)12(15)17-20-13/h10,16H,4-9H2,1-3H3,(H2,15,17). The summed E-state index contributed by atoms with van der Waals surface area (Å²) in [5, 5.41) is 3.91. The molecule has 1 aliphatic rings. The number of sulfone groups is 1. The van der Waals surface area contributed by atoms with E-state index in [1.807, 2.05) is 0 Å². The molecule has 21 heavy (non-hydrogen) atoms. The van der Waals surface area contributed by atoms with E-state index in [-0.39, 0.29) is 16.1 Å². The molecule has 1 aromatic rings. The summed E-state index contributed by atoms with van der Waals surface area (Å²) >= 11 is 1.14. The highest BCUT2D eigenvalue weighted by atomic mass is 32.2. The van der Waals surface area contributed by atoms with Gasteiger partial charge in [-0.05, 0) is 42.1 Å². The quantitative estimate of drug-likeness (QED) is 0.836. The normalized spacial score (nSPS) is 18.3. The number of hydrogen-bond donors (Lipinski definition) is 2. The maximum absolute atomic E-state index is 11.8. The lowest BCUT2D eigenvalue weighted by atomic mass is 9.78. The topological polar surface area (TPSA) is 85.1 Å². The van der Waals surface area contributed by atoms with Crippen molar-refractivity contribution in [2.75, 3.05) is 23.9 Å². The van der Waals surface area contributed by atoms with Gasteiger partial charge in [-0.3, -0.25) is 0 Å². The largest absolute Gasteiger partial charge is 0.382 e. The van der Waals surface area contributed by atoms with Crippen LogP contribution in [0.2, 0.25) is 0 Å². The Kier molecular flexibility index (Phi) is 4.82. The molecule has 1 fully saturated rings. The summed E-state index contributed by atoms with van der Waals surface area (Å²) in [4.78, 5) is 0.158. The van der Waals surface area contributed by atoms with Crippen molar-refractivity contribution >= 4 is 32.2 Å². The Labute approximate surface area is 131 Å². The summed E-state index contributed by atoms with van der Waals surface area (Å²) in [6.45, 7) is 5.29. The molecule has 0 bridgehead atoms. The maximum Gasteiger partial charge on any atom is 0.182 e. The van der Waals surface area contributed by atoms with E-state index in [2.05, 4.69) is 23.5 Å². The molecule has 3 N–H and O–H groups in total. The van der Waals surface area contributed by atoms with Gasteiger partial charge in [-0.15, -0.1) is 0 Å². The number of nitrogens with one attached hydrogen (secondary N) is 1. The van der Waals surface area contributed by atoms with Gasteiger partial charge in [0.05, 0.1) is 0 Å². The summed E-state index contributed by atoms with van der Waals surface area (Å²) in [6.07, 6.45) is 7.29. The second-order valence-corrected chi connectivity index (χ2v) is 9.38. The lowest BCUT2D eigenvalue weighted by Crippen LogP contribution is -2.28. The highest BCUT2D eigenvalue weighted by molar-refractivity contribution is 7.91. The van der Waals surface area contributed by atoms with E-state index in [0.717, 1.165) is 18.1 Å². The van der Waals surface area contributed by atoms with E-state index in [0.29, 0.717) is 10.9 Å². The van der Waals surface area contributed by atoms with E-state index >= 15 is 0 Å². The summed E-state index contributed by atoms with van der Waals surface area (Å²) < 4.78 is 27.7. The van der Waals surface area contributed by atoms with Gasteiger partial charge in [0.1, 0.15) is 9.90 Å². The number of hydrogen-bond acceptors (Lipinski definition) is 6. The summed E-state index contributed by atoms with van der Waals surface area (Å²) in [5.41, 5.74) is 5.98. The molecular weight excluding hydrogens is 306 g/mol. The van der Waals surface area contributed by atoms with Crippen molar-refractivity contribution in [1.82, 2.24) is 4.37 Å². The molecule has 2 rings (SSSR count). The van der Waals surface area contributed by atoms with E-state index in [4.69, 9.17) is 5.73 Å². The second-order valence-electron chi connectivity index (χ2n) is 6.66. The van der Waals surface area contributed by atoms with Crippen LogP contribution in [0, 0.1) is 11.3 Å². The van der Waals surface area contributed by atoms with Crippen LogP contribution in [-0.2, 0) is 9.84 Å². The molecule has 0 saturated heterocycles. The number of anilines is 2. The van der Waals surface area contributed by atoms with Crippen LogP contribution in [-0.4, -0.2) is 25.6 Å². The number of rotatable bonds is 6. The molecule has 0 unspecified atom stereocenters. The van der Waals surface area contributed by atoms with Gasteiger partial charge < -0.3 is 11.1 Å². The zero-order valence-corrected chi connectivity index (χ0v) is 14.6. The zero-order chi connectivity index (χ0) is 15.7. The third kappa shape index (κ3) is 3.88. The Morgan fingerprint density at radius 2 is 2.00 bits per heavy atom. The van der Waals surface area contributed by atoms with Crippen molar-refractivity contribution in [1.29, 1.82) is 0 Å². The van der Waals surface area contributed by atoms with Gasteiger partial charge in [0, 0.05) is 12.8 Å². The monoisotopic (exact) mass is 331 g/mol. The van der Waals surface area contributed by atoms with E-state index in [1.165, 1.54) is 38.4 Å². The van der Waals surface area contributed by atoms with E-state index < -0.39 is 9.84 Å². The second kappa shape index (κ2) is 6.12. The molecule has 0 spiro atoms. The fourth-order valence-corrected chi connectivity index (χ4v) is 5.54. The smallest absolute Gasteiger partial charge is 0.182 e. The molecule has 0 aliphatic heterocycles. The highest BCUT2D eigenvalue weighted by Gasteiger charge is 2.35. The van der Waals surface area contributed by atoms with Gasteiger partial charge in [0.25, 0.3) is 0 Å². The molecule has 1 aliphatic carbocycles. The van der Waals surface area contributed by atoms with Crippen LogP contribution in [0.25, 0.3) is 0 Å².